The summed E-state index contributed by atoms with van der Waals surface area (Å²) in [5.41, 5.74) is 5.52. The Kier molecular flexibility index (Phi) is 6.61. The predicted molar refractivity (Wildman–Crippen MR) is 79.4 cm³/mol. The fourth-order valence-electron chi connectivity index (χ4n) is 2.66. The maximum absolute atomic E-state index is 12.3. The molecule has 0 spiro atoms. The van der Waals surface area contributed by atoms with Gasteiger partial charge in [0.15, 0.2) is 0 Å². The maximum atomic E-state index is 12.3. The van der Waals surface area contributed by atoms with Crippen LogP contribution in [-0.4, -0.2) is 28.4 Å². The topological polar surface area (TPSA) is 46.3 Å². The number of nitrogens with two attached hydrogens (primary N) is 1. The molecule has 18 heavy (non-hydrogen) atoms. The molecule has 0 radical (unpaired) electrons. The zero-order valence-corrected chi connectivity index (χ0v) is 12.5. The highest BCUT2D eigenvalue weighted by Crippen LogP contribution is 2.27. The van der Waals surface area contributed by atoms with Gasteiger partial charge >= 0.3 is 0 Å². The predicted octanol–water partition coefficient (Wildman–Crippen LogP) is 2.87. The molecule has 1 aliphatic carbocycles. The summed E-state index contributed by atoms with van der Waals surface area (Å²) in [6, 6.07) is 0.232. The summed E-state index contributed by atoms with van der Waals surface area (Å²) in [6.45, 7) is 4.77. The lowest BCUT2D eigenvalue weighted by molar-refractivity contribution is -0.134. The van der Waals surface area contributed by atoms with E-state index < -0.39 is 0 Å². The van der Waals surface area contributed by atoms with Crippen LogP contribution in [-0.2, 0) is 4.79 Å². The minimum atomic E-state index is 0.232. The molecule has 2 N–H and O–H groups in total. The highest BCUT2D eigenvalue weighted by molar-refractivity contribution is 7.80. The second kappa shape index (κ2) is 7.72. The normalized spacial score (nSPS) is 16.8. The molecule has 0 atom stereocenters. The van der Waals surface area contributed by atoms with Gasteiger partial charge in [-0.05, 0) is 32.6 Å². The van der Waals surface area contributed by atoms with Crippen LogP contribution in [0.1, 0.15) is 58.8 Å². The van der Waals surface area contributed by atoms with Crippen molar-refractivity contribution in [2.45, 2.75) is 64.8 Å². The molecule has 0 aromatic heterocycles. The van der Waals surface area contributed by atoms with Gasteiger partial charge in [-0.1, -0.05) is 31.5 Å². The summed E-state index contributed by atoms with van der Waals surface area (Å²) in [6.07, 6.45) is 7.67. The number of nitrogens with zero attached hydrogens (tertiary/aromatic N) is 1. The Morgan fingerprint density at radius 1 is 1.33 bits per heavy atom. The quantitative estimate of drug-likeness (QED) is 0.755. The smallest absolute Gasteiger partial charge is 0.223 e. The molecule has 1 saturated carbocycles. The van der Waals surface area contributed by atoms with Gasteiger partial charge in [-0.25, -0.2) is 0 Å². The zero-order valence-electron chi connectivity index (χ0n) is 11.7. The second-order valence-corrected chi connectivity index (χ2v) is 6.13. The van der Waals surface area contributed by atoms with Gasteiger partial charge in [0.05, 0.1) is 4.99 Å². The number of carbonyl (C=O) groups excluding carboxylic acids is 1. The van der Waals surface area contributed by atoms with Crippen molar-refractivity contribution in [3.63, 3.8) is 0 Å². The summed E-state index contributed by atoms with van der Waals surface area (Å²) in [5.74, 6) is 0.866. The molecule has 0 saturated heterocycles. The number of hydrogen-bond acceptors (Lipinski definition) is 2. The van der Waals surface area contributed by atoms with Gasteiger partial charge in [0.25, 0.3) is 0 Å². The molecule has 0 bridgehead atoms. The van der Waals surface area contributed by atoms with E-state index in [2.05, 4.69) is 13.8 Å². The highest BCUT2D eigenvalue weighted by atomic mass is 32.1. The number of amides is 1. The van der Waals surface area contributed by atoms with Gasteiger partial charge in [-0.2, -0.15) is 0 Å². The maximum Gasteiger partial charge on any atom is 0.223 e. The summed E-state index contributed by atoms with van der Waals surface area (Å²) < 4.78 is 0. The molecular formula is C14H26N2OS. The molecule has 1 fully saturated rings. The lowest BCUT2D eigenvalue weighted by Crippen LogP contribution is -2.39. The van der Waals surface area contributed by atoms with Crippen molar-refractivity contribution in [1.29, 1.82) is 0 Å². The molecule has 0 heterocycles. The number of rotatable bonds is 6. The minimum Gasteiger partial charge on any atom is -0.393 e. The average Bonchev–Trinajstić information content (AvgIpc) is 2.29. The van der Waals surface area contributed by atoms with Crippen LogP contribution in [0.25, 0.3) is 0 Å². The Balaban J connectivity index is 2.45. The zero-order chi connectivity index (χ0) is 13.5. The van der Waals surface area contributed by atoms with E-state index in [1.54, 1.807) is 0 Å². The summed E-state index contributed by atoms with van der Waals surface area (Å²) in [5, 5.41) is 0. The van der Waals surface area contributed by atoms with Crippen LogP contribution < -0.4 is 5.73 Å². The van der Waals surface area contributed by atoms with Crippen molar-refractivity contribution in [3.8, 4) is 0 Å². The van der Waals surface area contributed by atoms with Crippen molar-refractivity contribution < 1.29 is 4.79 Å². The SMILES string of the molecule is CC(C)N(CCC(N)=S)C(=O)CC1CCCCC1. The second-order valence-electron chi connectivity index (χ2n) is 5.61. The first-order chi connectivity index (χ1) is 8.50. The fraction of sp³-hybridized carbons (Fsp3) is 0.857. The number of hydrogen-bond donors (Lipinski definition) is 1. The van der Waals surface area contributed by atoms with E-state index in [9.17, 15) is 4.79 Å². The number of thiocarbonyl (C=S) groups is 1. The van der Waals surface area contributed by atoms with Crippen LogP contribution in [0.3, 0.4) is 0 Å². The van der Waals surface area contributed by atoms with Crippen LogP contribution >= 0.6 is 12.2 Å². The van der Waals surface area contributed by atoms with Crippen molar-refractivity contribution in [2.24, 2.45) is 11.7 Å². The number of carbonyl (C=O) groups is 1. The van der Waals surface area contributed by atoms with Crippen LogP contribution in [0, 0.1) is 5.92 Å². The van der Waals surface area contributed by atoms with E-state index in [1.807, 2.05) is 4.90 Å². The summed E-state index contributed by atoms with van der Waals surface area (Å²) >= 11 is 4.89. The Bertz CT molecular complexity index is 286. The molecule has 3 nitrogen and oxygen atoms in total. The third-order valence-corrected chi connectivity index (χ3v) is 3.93. The van der Waals surface area contributed by atoms with Crippen LogP contribution in [0.2, 0.25) is 0 Å². The van der Waals surface area contributed by atoms with Gasteiger partial charge in [-0.3, -0.25) is 4.79 Å². The molecule has 1 amide bonds. The van der Waals surface area contributed by atoms with E-state index in [0.717, 1.165) is 0 Å². The minimum absolute atomic E-state index is 0.232. The Morgan fingerprint density at radius 2 is 1.94 bits per heavy atom. The molecule has 1 aliphatic rings. The van der Waals surface area contributed by atoms with Crippen LogP contribution in [0.4, 0.5) is 0 Å². The van der Waals surface area contributed by atoms with E-state index in [0.29, 0.717) is 30.3 Å². The molecule has 0 aromatic rings. The summed E-state index contributed by atoms with van der Waals surface area (Å²) in [4.78, 5) is 14.7. The van der Waals surface area contributed by atoms with Gasteiger partial charge in [0.2, 0.25) is 5.91 Å². The van der Waals surface area contributed by atoms with Gasteiger partial charge in [0.1, 0.15) is 0 Å². The molecule has 0 aliphatic heterocycles. The Labute approximate surface area is 116 Å². The summed E-state index contributed by atoms with van der Waals surface area (Å²) in [7, 11) is 0. The monoisotopic (exact) mass is 270 g/mol. The lowest BCUT2D eigenvalue weighted by Gasteiger charge is -2.29. The van der Waals surface area contributed by atoms with E-state index in [-0.39, 0.29) is 11.9 Å². The van der Waals surface area contributed by atoms with Crippen LogP contribution in [0.15, 0.2) is 0 Å². The standard InChI is InChI=1S/C14H26N2OS/c1-11(2)16(9-8-13(15)18)14(17)10-12-6-4-3-5-7-12/h11-12H,3-10H2,1-2H3,(H2,15,18). The van der Waals surface area contributed by atoms with Crippen molar-refractivity contribution >= 4 is 23.1 Å². The van der Waals surface area contributed by atoms with Gasteiger partial charge in [-0.15, -0.1) is 0 Å². The molecule has 104 valence electrons. The van der Waals surface area contributed by atoms with Crippen molar-refractivity contribution in [1.82, 2.24) is 4.90 Å². The third-order valence-electron chi connectivity index (χ3n) is 3.73. The molecule has 4 heteroatoms. The molecule has 1 rings (SSSR count). The van der Waals surface area contributed by atoms with Crippen molar-refractivity contribution in [3.05, 3.63) is 0 Å². The fourth-order valence-corrected chi connectivity index (χ4v) is 2.75. The Morgan fingerprint density at radius 3 is 2.44 bits per heavy atom. The average molecular weight is 270 g/mol. The molecule has 0 unspecified atom stereocenters. The first-order valence-corrected chi connectivity index (χ1v) is 7.49. The first-order valence-electron chi connectivity index (χ1n) is 7.08. The first kappa shape index (κ1) is 15.4. The highest BCUT2D eigenvalue weighted by Gasteiger charge is 2.22. The third kappa shape index (κ3) is 5.34. The lowest BCUT2D eigenvalue weighted by atomic mass is 9.86. The van der Waals surface area contributed by atoms with E-state index in [1.165, 1.54) is 32.1 Å². The van der Waals surface area contributed by atoms with Gasteiger partial charge in [0, 0.05) is 25.4 Å². The largest absolute Gasteiger partial charge is 0.393 e. The van der Waals surface area contributed by atoms with E-state index in [4.69, 9.17) is 18.0 Å². The Hall–Kier alpha value is -0.640. The van der Waals surface area contributed by atoms with Crippen molar-refractivity contribution in [2.75, 3.05) is 6.54 Å². The molecule has 0 aromatic carbocycles. The van der Waals surface area contributed by atoms with Gasteiger partial charge < -0.3 is 10.6 Å². The molecular weight excluding hydrogens is 244 g/mol. The van der Waals surface area contributed by atoms with Crippen LogP contribution in [0.5, 0.6) is 0 Å². The van der Waals surface area contributed by atoms with E-state index >= 15 is 0 Å².